The van der Waals surface area contributed by atoms with Crippen molar-refractivity contribution in [3.05, 3.63) is 95.1 Å². The van der Waals surface area contributed by atoms with E-state index in [0.717, 1.165) is 11.1 Å². The number of amides is 2. The van der Waals surface area contributed by atoms with Crippen molar-refractivity contribution in [2.45, 2.75) is 6.54 Å². The summed E-state index contributed by atoms with van der Waals surface area (Å²) in [5.74, 6) is -0.416. The summed E-state index contributed by atoms with van der Waals surface area (Å²) in [6, 6.07) is 23.7. The molecule has 2 amide bonds. The lowest BCUT2D eigenvalue weighted by Crippen LogP contribution is -2.24. The largest absolute Gasteiger partial charge is 0.355 e. The Hall–Kier alpha value is -3.91. The SMILES string of the molecule is CNC(=O)c1cccc(CNC(=O)c2ccccc2-c2ccccc2C#N)c1. The summed E-state index contributed by atoms with van der Waals surface area (Å²) in [5, 5.41) is 14.8. The van der Waals surface area contributed by atoms with Crippen LogP contribution in [0.4, 0.5) is 0 Å². The first-order chi connectivity index (χ1) is 13.6. The molecule has 0 unspecified atom stereocenters. The molecular formula is C23H19N3O2. The van der Waals surface area contributed by atoms with Crippen LogP contribution in [-0.4, -0.2) is 18.9 Å². The van der Waals surface area contributed by atoms with E-state index in [-0.39, 0.29) is 18.4 Å². The van der Waals surface area contributed by atoms with Crippen molar-refractivity contribution in [1.29, 1.82) is 5.26 Å². The van der Waals surface area contributed by atoms with E-state index < -0.39 is 0 Å². The molecule has 0 fully saturated rings. The molecule has 0 saturated carbocycles. The lowest BCUT2D eigenvalue weighted by atomic mass is 9.95. The van der Waals surface area contributed by atoms with Crippen molar-refractivity contribution in [3.8, 4) is 17.2 Å². The van der Waals surface area contributed by atoms with Crippen molar-refractivity contribution in [1.82, 2.24) is 10.6 Å². The number of carbonyl (C=O) groups is 2. The lowest BCUT2D eigenvalue weighted by Gasteiger charge is -2.12. The lowest BCUT2D eigenvalue weighted by molar-refractivity contribution is 0.0949. The quantitative estimate of drug-likeness (QED) is 0.722. The van der Waals surface area contributed by atoms with Gasteiger partial charge in [-0.1, -0.05) is 48.5 Å². The molecule has 0 spiro atoms. The first-order valence-electron chi connectivity index (χ1n) is 8.82. The number of benzene rings is 3. The smallest absolute Gasteiger partial charge is 0.252 e. The molecule has 0 radical (unpaired) electrons. The molecular weight excluding hydrogens is 350 g/mol. The number of rotatable bonds is 5. The highest BCUT2D eigenvalue weighted by Gasteiger charge is 2.14. The average Bonchev–Trinajstić information content (AvgIpc) is 2.77. The van der Waals surface area contributed by atoms with Crippen LogP contribution in [0.15, 0.2) is 72.8 Å². The molecule has 0 saturated heterocycles. The number of nitrogens with one attached hydrogen (secondary N) is 2. The van der Waals surface area contributed by atoms with E-state index in [9.17, 15) is 14.9 Å². The number of nitrogens with zero attached hydrogens (tertiary/aromatic N) is 1. The Morgan fingerprint density at radius 3 is 2.36 bits per heavy atom. The third-order valence-corrected chi connectivity index (χ3v) is 4.38. The maximum atomic E-state index is 12.8. The Balaban J connectivity index is 1.83. The number of hydrogen-bond donors (Lipinski definition) is 2. The normalized spacial score (nSPS) is 10.0. The summed E-state index contributed by atoms with van der Waals surface area (Å²) in [4.78, 5) is 24.6. The van der Waals surface area contributed by atoms with Crippen molar-refractivity contribution in [2.75, 3.05) is 7.05 Å². The van der Waals surface area contributed by atoms with Gasteiger partial charge in [0, 0.05) is 30.3 Å². The Bertz CT molecular complexity index is 1070. The molecule has 0 atom stereocenters. The summed E-state index contributed by atoms with van der Waals surface area (Å²) in [6.07, 6.45) is 0. The van der Waals surface area contributed by atoms with Gasteiger partial charge in [0.25, 0.3) is 11.8 Å². The third-order valence-electron chi connectivity index (χ3n) is 4.38. The average molecular weight is 369 g/mol. The number of carbonyl (C=O) groups excluding carboxylic acids is 2. The van der Waals surface area contributed by atoms with Gasteiger partial charge in [-0.25, -0.2) is 0 Å². The molecule has 2 N–H and O–H groups in total. The van der Waals surface area contributed by atoms with Gasteiger partial charge in [0.15, 0.2) is 0 Å². The Kier molecular flexibility index (Phi) is 5.83. The zero-order valence-electron chi connectivity index (χ0n) is 15.4. The van der Waals surface area contributed by atoms with Crippen molar-refractivity contribution >= 4 is 11.8 Å². The molecule has 3 rings (SSSR count). The summed E-state index contributed by atoms with van der Waals surface area (Å²) >= 11 is 0. The molecule has 0 aliphatic heterocycles. The first-order valence-corrected chi connectivity index (χ1v) is 8.82. The third kappa shape index (κ3) is 4.08. The van der Waals surface area contributed by atoms with Crippen LogP contribution in [0.25, 0.3) is 11.1 Å². The predicted octanol–water partition coefficient (Wildman–Crippen LogP) is 3.51. The molecule has 3 aromatic carbocycles. The van der Waals surface area contributed by atoms with Crippen LogP contribution in [0.2, 0.25) is 0 Å². The second-order valence-electron chi connectivity index (χ2n) is 6.17. The molecule has 0 bridgehead atoms. The molecule has 5 nitrogen and oxygen atoms in total. The number of nitriles is 1. The summed E-state index contributed by atoms with van der Waals surface area (Å²) in [6.45, 7) is 0.290. The van der Waals surface area contributed by atoms with Crippen LogP contribution in [0, 0.1) is 11.3 Å². The number of hydrogen-bond acceptors (Lipinski definition) is 3. The van der Waals surface area contributed by atoms with Gasteiger partial charge < -0.3 is 10.6 Å². The van der Waals surface area contributed by atoms with Crippen LogP contribution in [0.5, 0.6) is 0 Å². The maximum absolute atomic E-state index is 12.8. The molecule has 0 aliphatic rings. The second-order valence-corrected chi connectivity index (χ2v) is 6.17. The minimum atomic E-state index is -0.242. The molecule has 5 heteroatoms. The van der Waals surface area contributed by atoms with E-state index in [1.54, 1.807) is 49.5 Å². The fourth-order valence-electron chi connectivity index (χ4n) is 2.98. The first kappa shape index (κ1) is 18.9. The fourth-order valence-corrected chi connectivity index (χ4v) is 2.98. The fraction of sp³-hybridized carbons (Fsp3) is 0.0870. The Labute approximate surface area is 163 Å². The van der Waals surface area contributed by atoms with E-state index >= 15 is 0 Å². The van der Waals surface area contributed by atoms with Gasteiger partial charge in [-0.05, 0) is 35.4 Å². The van der Waals surface area contributed by atoms with Gasteiger partial charge in [0.05, 0.1) is 11.6 Å². The van der Waals surface area contributed by atoms with Crippen LogP contribution in [-0.2, 0) is 6.54 Å². The van der Waals surface area contributed by atoms with Crippen LogP contribution >= 0.6 is 0 Å². The molecule has 3 aromatic rings. The molecule has 0 aromatic heterocycles. The van der Waals surface area contributed by atoms with Crippen molar-refractivity contribution in [3.63, 3.8) is 0 Å². The van der Waals surface area contributed by atoms with Crippen molar-refractivity contribution < 1.29 is 9.59 Å². The highest BCUT2D eigenvalue weighted by Crippen LogP contribution is 2.26. The minimum absolute atomic E-state index is 0.174. The summed E-state index contributed by atoms with van der Waals surface area (Å²) in [7, 11) is 1.58. The van der Waals surface area contributed by atoms with E-state index in [2.05, 4.69) is 16.7 Å². The second kappa shape index (κ2) is 8.65. The Morgan fingerprint density at radius 2 is 1.61 bits per heavy atom. The van der Waals surface area contributed by atoms with Gasteiger partial charge in [-0.15, -0.1) is 0 Å². The zero-order valence-corrected chi connectivity index (χ0v) is 15.4. The monoisotopic (exact) mass is 369 g/mol. The standard InChI is InChI=1S/C23H19N3O2/c1-25-22(27)17-9-6-7-16(13-17)15-26-23(28)21-12-5-4-11-20(21)19-10-3-2-8-18(19)14-24/h2-13H,15H2,1H3,(H,25,27)(H,26,28). The van der Waals surface area contributed by atoms with E-state index in [1.165, 1.54) is 0 Å². The van der Waals surface area contributed by atoms with Gasteiger partial charge >= 0.3 is 0 Å². The minimum Gasteiger partial charge on any atom is -0.355 e. The van der Waals surface area contributed by atoms with E-state index in [1.807, 2.05) is 30.3 Å². The highest BCUT2D eigenvalue weighted by atomic mass is 16.2. The van der Waals surface area contributed by atoms with Crippen LogP contribution < -0.4 is 10.6 Å². The van der Waals surface area contributed by atoms with E-state index in [0.29, 0.717) is 22.3 Å². The summed E-state index contributed by atoms with van der Waals surface area (Å²) < 4.78 is 0. The topological polar surface area (TPSA) is 82.0 Å². The highest BCUT2D eigenvalue weighted by molar-refractivity contribution is 6.01. The van der Waals surface area contributed by atoms with Crippen molar-refractivity contribution in [2.24, 2.45) is 0 Å². The van der Waals surface area contributed by atoms with Gasteiger partial charge in [0.1, 0.15) is 0 Å². The van der Waals surface area contributed by atoms with Gasteiger partial charge in [-0.2, -0.15) is 5.26 Å². The predicted molar refractivity (Wildman–Crippen MR) is 108 cm³/mol. The Morgan fingerprint density at radius 1 is 0.893 bits per heavy atom. The van der Waals surface area contributed by atoms with Crippen LogP contribution in [0.1, 0.15) is 31.8 Å². The maximum Gasteiger partial charge on any atom is 0.252 e. The van der Waals surface area contributed by atoms with E-state index in [4.69, 9.17) is 0 Å². The zero-order chi connectivity index (χ0) is 19.9. The van der Waals surface area contributed by atoms with Crippen LogP contribution in [0.3, 0.4) is 0 Å². The summed E-state index contributed by atoms with van der Waals surface area (Å²) in [5.41, 5.74) is 3.80. The molecule has 138 valence electrons. The molecule has 0 heterocycles. The molecule has 0 aliphatic carbocycles. The van der Waals surface area contributed by atoms with Gasteiger partial charge in [0.2, 0.25) is 0 Å². The molecule has 28 heavy (non-hydrogen) atoms. The van der Waals surface area contributed by atoms with Gasteiger partial charge in [-0.3, -0.25) is 9.59 Å².